The van der Waals surface area contributed by atoms with E-state index in [1.165, 1.54) is 12.1 Å². The Morgan fingerprint density at radius 2 is 1.46 bits per heavy atom. The largest absolute Gasteiger partial charge is 0.352 e. The molecule has 142 valence electrons. The summed E-state index contributed by atoms with van der Waals surface area (Å²) < 4.78 is 12.9. The molecule has 2 amide bonds. The van der Waals surface area contributed by atoms with Crippen LogP contribution in [0.25, 0.3) is 0 Å². The van der Waals surface area contributed by atoms with Crippen LogP contribution in [0, 0.1) is 5.82 Å². The van der Waals surface area contributed by atoms with E-state index >= 15 is 0 Å². The second-order valence-electron chi connectivity index (χ2n) is 6.25. The number of pyridine rings is 1. The van der Waals surface area contributed by atoms with E-state index in [1.807, 2.05) is 12.1 Å². The van der Waals surface area contributed by atoms with Gasteiger partial charge in [-0.05, 0) is 60.0 Å². The topological polar surface area (TPSA) is 71.1 Å². The molecule has 0 unspecified atom stereocenters. The minimum absolute atomic E-state index is 0.252. The van der Waals surface area contributed by atoms with Crippen molar-refractivity contribution in [3.05, 3.63) is 101 Å². The lowest BCUT2D eigenvalue weighted by Crippen LogP contribution is -2.27. The molecule has 2 aromatic carbocycles. The molecule has 0 fully saturated rings. The van der Waals surface area contributed by atoms with Crippen molar-refractivity contribution in [1.82, 2.24) is 15.6 Å². The second-order valence-corrected chi connectivity index (χ2v) is 6.25. The average molecular weight is 377 g/mol. The molecule has 3 rings (SSSR count). The Hall–Kier alpha value is -3.54. The summed E-state index contributed by atoms with van der Waals surface area (Å²) >= 11 is 0. The number of hydrogen-bond donors (Lipinski definition) is 2. The quantitative estimate of drug-likeness (QED) is 0.665. The zero-order chi connectivity index (χ0) is 19.8. The third-order valence-corrected chi connectivity index (χ3v) is 4.20. The van der Waals surface area contributed by atoms with E-state index in [-0.39, 0.29) is 17.6 Å². The molecule has 1 aromatic heterocycles. The van der Waals surface area contributed by atoms with Gasteiger partial charge in [0.15, 0.2) is 0 Å². The molecule has 28 heavy (non-hydrogen) atoms. The summed E-state index contributed by atoms with van der Waals surface area (Å²) in [5, 5.41) is 5.64. The fourth-order valence-electron chi connectivity index (χ4n) is 2.66. The van der Waals surface area contributed by atoms with Crippen LogP contribution in [0.1, 0.15) is 31.8 Å². The summed E-state index contributed by atoms with van der Waals surface area (Å²) in [4.78, 5) is 28.6. The van der Waals surface area contributed by atoms with Gasteiger partial charge in [-0.3, -0.25) is 14.6 Å². The number of aromatic nitrogens is 1. The molecule has 0 bridgehead atoms. The highest BCUT2D eigenvalue weighted by molar-refractivity contribution is 5.99. The maximum Gasteiger partial charge on any atom is 0.251 e. The summed E-state index contributed by atoms with van der Waals surface area (Å²) in [6.45, 7) is 0.804. The van der Waals surface area contributed by atoms with Gasteiger partial charge in [-0.2, -0.15) is 0 Å². The zero-order valence-corrected chi connectivity index (χ0v) is 15.2. The molecule has 0 aliphatic rings. The zero-order valence-electron chi connectivity index (χ0n) is 15.2. The van der Waals surface area contributed by atoms with Crippen LogP contribution in [0.5, 0.6) is 0 Å². The monoisotopic (exact) mass is 377 g/mol. The third-order valence-electron chi connectivity index (χ3n) is 4.20. The third kappa shape index (κ3) is 5.48. The Morgan fingerprint density at radius 1 is 0.821 bits per heavy atom. The van der Waals surface area contributed by atoms with Crippen molar-refractivity contribution in [2.45, 2.75) is 13.0 Å². The Balaban J connectivity index is 1.53. The number of halogens is 1. The lowest BCUT2D eigenvalue weighted by Gasteiger charge is -2.08. The maximum absolute atomic E-state index is 12.9. The fraction of sp³-hybridized carbons (Fsp3) is 0.136. The standard InChI is InChI=1S/C22H20FN3O2/c23-20-6-4-16(5-7-20)10-13-25-21(27)18-2-1-3-19(14-18)22(28)26-15-17-8-11-24-12-9-17/h1-9,11-12,14H,10,13,15H2,(H,25,27)(H,26,28). The Labute approximate surface area is 162 Å². The maximum atomic E-state index is 12.9. The molecular formula is C22H20FN3O2. The highest BCUT2D eigenvalue weighted by atomic mass is 19.1. The first-order valence-corrected chi connectivity index (χ1v) is 8.91. The van der Waals surface area contributed by atoms with Crippen LogP contribution in [-0.2, 0) is 13.0 Å². The number of carbonyl (C=O) groups is 2. The van der Waals surface area contributed by atoms with E-state index in [2.05, 4.69) is 15.6 Å². The Morgan fingerprint density at radius 3 is 2.14 bits per heavy atom. The van der Waals surface area contributed by atoms with Crippen LogP contribution in [0.3, 0.4) is 0 Å². The molecule has 0 spiro atoms. The van der Waals surface area contributed by atoms with Gasteiger partial charge in [0, 0.05) is 36.6 Å². The highest BCUT2D eigenvalue weighted by Crippen LogP contribution is 2.07. The van der Waals surface area contributed by atoms with Gasteiger partial charge in [-0.1, -0.05) is 18.2 Å². The minimum Gasteiger partial charge on any atom is -0.352 e. The normalized spacial score (nSPS) is 10.3. The number of rotatable bonds is 7. The summed E-state index contributed by atoms with van der Waals surface area (Å²) in [7, 11) is 0. The van der Waals surface area contributed by atoms with E-state index in [1.54, 1.807) is 48.8 Å². The van der Waals surface area contributed by atoms with Gasteiger partial charge < -0.3 is 10.6 Å². The van der Waals surface area contributed by atoms with Crippen molar-refractivity contribution in [3.63, 3.8) is 0 Å². The van der Waals surface area contributed by atoms with Gasteiger partial charge in [-0.25, -0.2) is 4.39 Å². The molecule has 0 saturated heterocycles. The van der Waals surface area contributed by atoms with Crippen LogP contribution in [0.15, 0.2) is 73.1 Å². The fourth-order valence-corrected chi connectivity index (χ4v) is 2.66. The molecule has 0 atom stereocenters. The molecule has 2 N–H and O–H groups in total. The first kappa shape index (κ1) is 19.2. The van der Waals surface area contributed by atoms with Crippen molar-refractivity contribution < 1.29 is 14.0 Å². The minimum atomic E-state index is -0.285. The molecule has 0 aliphatic heterocycles. The lowest BCUT2D eigenvalue weighted by molar-refractivity contribution is 0.0950. The van der Waals surface area contributed by atoms with Crippen molar-refractivity contribution in [3.8, 4) is 0 Å². The molecule has 0 radical (unpaired) electrons. The van der Waals surface area contributed by atoms with Crippen LogP contribution < -0.4 is 10.6 Å². The van der Waals surface area contributed by atoms with E-state index in [0.29, 0.717) is 30.6 Å². The first-order chi connectivity index (χ1) is 13.6. The summed E-state index contributed by atoms with van der Waals surface area (Å²) in [6, 6.07) is 16.4. The van der Waals surface area contributed by atoms with Gasteiger partial charge in [0.25, 0.3) is 11.8 Å². The average Bonchev–Trinajstić information content (AvgIpc) is 2.74. The van der Waals surface area contributed by atoms with Gasteiger partial charge in [0.1, 0.15) is 5.82 Å². The highest BCUT2D eigenvalue weighted by Gasteiger charge is 2.10. The molecule has 3 aromatic rings. The molecule has 5 nitrogen and oxygen atoms in total. The van der Waals surface area contributed by atoms with E-state index in [0.717, 1.165) is 11.1 Å². The second kappa shape index (κ2) is 9.41. The van der Waals surface area contributed by atoms with Crippen molar-refractivity contribution in [1.29, 1.82) is 0 Å². The number of nitrogens with zero attached hydrogens (tertiary/aromatic N) is 1. The number of nitrogens with one attached hydrogen (secondary N) is 2. The Kier molecular flexibility index (Phi) is 6.46. The van der Waals surface area contributed by atoms with E-state index in [4.69, 9.17) is 0 Å². The van der Waals surface area contributed by atoms with Crippen LogP contribution >= 0.6 is 0 Å². The summed E-state index contributed by atoms with van der Waals surface area (Å²) in [6.07, 6.45) is 3.93. The predicted molar refractivity (Wildman–Crippen MR) is 104 cm³/mol. The van der Waals surface area contributed by atoms with Crippen LogP contribution in [0.2, 0.25) is 0 Å². The lowest BCUT2D eigenvalue weighted by atomic mass is 10.1. The van der Waals surface area contributed by atoms with E-state index < -0.39 is 0 Å². The smallest absolute Gasteiger partial charge is 0.251 e. The van der Waals surface area contributed by atoms with Crippen LogP contribution in [0.4, 0.5) is 4.39 Å². The van der Waals surface area contributed by atoms with Gasteiger partial charge in [-0.15, -0.1) is 0 Å². The number of benzene rings is 2. The van der Waals surface area contributed by atoms with Crippen LogP contribution in [-0.4, -0.2) is 23.3 Å². The number of hydrogen-bond acceptors (Lipinski definition) is 3. The number of amides is 2. The summed E-state index contributed by atoms with van der Waals surface area (Å²) in [5.41, 5.74) is 2.71. The van der Waals surface area contributed by atoms with Gasteiger partial charge in [0.2, 0.25) is 0 Å². The van der Waals surface area contributed by atoms with Gasteiger partial charge in [0.05, 0.1) is 0 Å². The molecule has 6 heteroatoms. The van der Waals surface area contributed by atoms with E-state index in [9.17, 15) is 14.0 Å². The Bertz CT molecular complexity index is 944. The first-order valence-electron chi connectivity index (χ1n) is 8.91. The van der Waals surface area contributed by atoms with Crippen molar-refractivity contribution in [2.75, 3.05) is 6.54 Å². The molecule has 0 aliphatic carbocycles. The predicted octanol–water partition coefficient (Wildman–Crippen LogP) is 3.12. The molecule has 0 saturated carbocycles. The SMILES string of the molecule is O=C(NCCc1ccc(F)cc1)c1cccc(C(=O)NCc2ccncc2)c1. The van der Waals surface area contributed by atoms with Gasteiger partial charge >= 0.3 is 0 Å². The van der Waals surface area contributed by atoms with Crippen molar-refractivity contribution in [2.24, 2.45) is 0 Å². The number of carbonyl (C=O) groups excluding carboxylic acids is 2. The summed E-state index contributed by atoms with van der Waals surface area (Å²) in [5.74, 6) is -0.796. The molecule has 1 heterocycles. The van der Waals surface area contributed by atoms with Crippen molar-refractivity contribution >= 4 is 11.8 Å². The molecular weight excluding hydrogens is 357 g/mol.